The molecule has 1 atom stereocenters. The molecule has 1 unspecified atom stereocenters. The van der Waals surface area contributed by atoms with Crippen molar-refractivity contribution in [2.45, 2.75) is 23.8 Å². The molecule has 1 aliphatic rings. The number of hydrogen-bond acceptors (Lipinski definition) is 7. The highest BCUT2D eigenvalue weighted by atomic mass is 32.2. The summed E-state index contributed by atoms with van der Waals surface area (Å²) >= 11 is 1.34. The van der Waals surface area contributed by atoms with Crippen molar-refractivity contribution < 1.29 is 9.47 Å². The second-order valence-electron chi connectivity index (χ2n) is 5.84. The lowest BCUT2D eigenvalue weighted by Crippen LogP contribution is -2.07. The van der Waals surface area contributed by atoms with Crippen LogP contribution >= 0.6 is 11.8 Å². The van der Waals surface area contributed by atoms with Gasteiger partial charge in [-0.3, -0.25) is 0 Å². The summed E-state index contributed by atoms with van der Waals surface area (Å²) in [4.78, 5) is 0. The van der Waals surface area contributed by atoms with E-state index in [0.717, 1.165) is 11.3 Å². The van der Waals surface area contributed by atoms with E-state index in [2.05, 4.69) is 21.6 Å². The summed E-state index contributed by atoms with van der Waals surface area (Å²) < 4.78 is 12.3. The Hall–Kier alpha value is -3.05. The van der Waals surface area contributed by atoms with Crippen LogP contribution < -0.4 is 9.47 Å². The van der Waals surface area contributed by atoms with Crippen molar-refractivity contribution in [3.63, 3.8) is 0 Å². The third kappa shape index (κ3) is 3.34. The Morgan fingerprint density at radius 3 is 2.81 bits per heavy atom. The molecule has 1 aromatic heterocycles. The predicted octanol–water partition coefficient (Wildman–Crippen LogP) is 2.93. The van der Waals surface area contributed by atoms with Crippen LogP contribution in [0.25, 0.3) is 5.69 Å². The van der Waals surface area contributed by atoms with Crippen LogP contribution in [-0.4, -0.2) is 32.3 Å². The van der Waals surface area contributed by atoms with Gasteiger partial charge in [0.2, 0.25) is 11.9 Å². The topological polar surface area (TPSA) is 85.9 Å². The van der Waals surface area contributed by atoms with Crippen LogP contribution in [0.5, 0.6) is 11.5 Å². The van der Waals surface area contributed by atoms with E-state index in [1.165, 1.54) is 17.3 Å². The number of aromatic nitrogens is 4. The molecule has 7 nitrogen and oxygen atoms in total. The van der Waals surface area contributed by atoms with Gasteiger partial charge in [-0.1, -0.05) is 41.6 Å². The Morgan fingerprint density at radius 2 is 2.00 bits per heavy atom. The number of nitriles is 1. The second kappa shape index (κ2) is 7.06. The van der Waals surface area contributed by atoms with Gasteiger partial charge in [-0.2, -0.15) is 9.94 Å². The molecule has 0 saturated heterocycles. The molecular weight excluding hydrogens is 350 g/mol. The van der Waals surface area contributed by atoms with Crippen molar-refractivity contribution in [1.29, 1.82) is 5.26 Å². The van der Waals surface area contributed by atoms with E-state index in [-0.39, 0.29) is 12.0 Å². The Bertz CT molecular complexity index is 964. The molecule has 0 N–H and O–H groups in total. The van der Waals surface area contributed by atoms with E-state index in [4.69, 9.17) is 9.47 Å². The van der Waals surface area contributed by atoms with Gasteiger partial charge in [0.15, 0.2) is 11.5 Å². The molecule has 0 radical (unpaired) electrons. The van der Waals surface area contributed by atoms with Gasteiger partial charge < -0.3 is 9.47 Å². The highest BCUT2D eigenvalue weighted by Crippen LogP contribution is 2.34. The Labute approximate surface area is 154 Å². The van der Waals surface area contributed by atoms with E-state index in [1.807, 2.05) is 49.4 Å². The smallest absolute Gasteiger partial charge is 0.231 e. The first kappa shape index (κ1) is 16.4. The maximum Gasteiger partial charge on any atom is 0.231 e. The summed E-state index contributed by atoms with van der Waals surface area (Å²) in [5.41, 5.74) is 3.06. The molecule has 0 spiro atoms. The van der Waals surface area contributed by atoms with Crippen molar-refractivity contribution in [1.82, 2.24) is 20.2 Å². The van der Waals surface area contributed by atoms with Gasteiger partial charge in [0.05, 0.1) is 11.8 Å². The summed E-state index contributed by atoms with van der Waals surface area (Å²) in [6.07, 6.45) is 0.620. The molecule has 4 rings (SSSR count). The van der Waals surface area contributed by atoms with Crippen molar-refractivity contribution in [3.8, 4) is 23.3 Å². The minimum atomic E-state index is -0.295. The van der Waals surface area contributed by atoms with Gasteiger partial charge >= 0.3 is 0 Å². The SMILES string of the molecule is Cc1ccc(CC(C#N)Sc2nnnn2-c2ccc3c(c2)OCO3)cc1. The number of tetrazole rings is 1. The van der Waals surface area contributed by atoms with Crippen molar-refractivity contribution in [2.24, 2.45) is 0 Å². The molecule has 0 amide bonds. The fourth-order valence-corrected chi connectivity index (χ4v) is 3.52. The number of rotatable bonds is 5. The number of benzene rings is 2. The average molecular weight is 365 g/mol. The van der Waals surface area contributed by atoms with Crippen LogP contribution in [0.3, 0.4) is 0 Å². The van der Waals surface area contributed by atoms with E-state index in [1.54, 1.807) is 4.68 Å². The van der Waals surface area contributed by atoms with Gasteiger partial charge in [0.25, 0.3) is 0 Å². The number of nitrogens with zero attached hydrogens (tertiary/aromatic N) is 5. The van der Waals surface area contributed by atoms with Gasteiger partial charge in [-0.25, -0.2) is 0 Å². The largest absolute Gasteiger partial charge is 0.454 e. The molecule has 2 heterocycles. The maximum absolute atomic E-state index is 9.54. The van der Waals surface area contributed by atoms with Crippen molar-refractivity contribution in [3.05, 3.63) is 53.6 Å². The Morgan fingerprint density at radius 1 is 1.19 bits per heavy atom. The zero-order valence-corrected chi connectivity index (χ0v) is 14.8. The molecule has 3 aromatic rings. The van der Waals surface area contributed by atoms with E-state index in [0.29, 0.717) is 23.1 Å². The molecule has 0 fully saturated rings. The standard InChI is InChI=1S/C18H15N5O2S/c1-12-2-4-13(5-3-12)8-15(10-19)26-18-20-21-22-23(18)14-6-7-16-17(9-14)25-11-24-16/h2-7,9,15H,8,11H2,1H3. The number of fused-ring (bicyclic) bond motifs is 1. The molecular formula is C18H15N5O2S. The normalized spacial score (nSPS) is 13.4. The summed E-state index contributed by atoms with van der Waals surface area (Å²) in [6.45, 7) is 2.25. The highest BCUT2D eigenvalue weighted by Gasteiger charge is 2.19. The Balaban J connectivity index is 1.54. The molecule has 26 heavy (non-hydrogen) atoms. The van der Waals surface area contributed by atoms with Gasteiger partial charge in [0, 0.05) is 6.07 Å². The zero-order chi connectivity index (χ0) is 17.9. The molecule has 8 heteroatoms. The highest BCUT2D eigenvalue weighted by molar-refractivity contribution is 8.00. The monoisotopic (exact) mass is 365 g/mol. The van der Waals surface area contributed by atoms with Crippen molar-refractivity contribution in [2.75, 3.05) is 6.79 Å². The minimum absolute atomic E-state index is 0.211. The van der Waals surface area contributed by atoms with Crippen LogP contribution in [0, 0.1) is 18.3 Å². The summed E-state index contributed by atoms with van der Waals surface area (Å²) in [5, 5.41) is 21.7. The Kier molecular flexibility index (Phi) is 4.46. The molecule has 0 aliphatic carbocycles. The number of ether oxygens (including phenoxy) is 2. The molecule has 130 valence electrons. The van der Waals surface area contributed by atoms with Gasteiger partial charge in [-0.05, 0) is 41.5 Å². The third-order valence-electron chi connectivity index (χ3n) is 3.97. The average Bonchev–Trinajstić information content (AvgIpc) is 3.31. The van der Waals surface area contributed by atoms with E-state index in [9.17, 15) is 5.26 Å². The van der Waals surface area contributed by atoms with Crippen LogP contribution in [0.4, 0.5) is 0 Å². The lowest BCUT2D eigenvalue weighted by molar-refractivity contribution is 0.174. The second-order valence-corrected chi connectivity index (χ2v) is 7.01. The lowest BCUT2D eigenvalue weighted by Gasteiger charge is -2.09. The van der Waals surface area contributed by atoms with Gasteiger partial charge in [0.1, 0.15) is 5.25 Å². The first-order chi connectivity index (χ1) is 12.7. The lowest BCUT2D eigenvalue weighted by atomic mass is 10.1. The summed E-state index contributed by atoms with van der Waals surface area (Å²) in [5.74, 6) is 1.36. The van der Waals surface area contributed by atoms with E-state index < -0.39 is 0 Å². The minimum Gasteiger partial charge on any atom is -0.454 e. The fraction of sp³-hybridized carbons (Fsp3) is 0.222. The van der Waals surface area contributed by atoms with Crippen LogP contribution in [-0.2, 0) is 6.42 Å². The van der Waals surface area contributed by atoms with Crippen LogP contribution in [0.1, 0.15) is 11.1 Å². The maximum atomic E-state index is 9.54. The van der Waals surface area contributed by atoms with Crippen LogP contribution in [0.15, 0.2) is 47.6 Å². The number of hydrogen-bond donors (Lipinski definition) is 0. The van der Waals surface area contributed by atoms with Crippen LogP contribution in [0.2, 0.25) is 0 Å². The van der Waals surface area contributed by atoms with E-state index >= 15 is 0 Å². The number of aryl methyl sites for hydroxylation is 1. The zero-order valence-electron chi connectivity index (χ0n) is 14.0. The van der Waals surface area contributed by atoms with Crippen molar-refractivity contribution >= 4 is 11.8 Å². The molecule has 0 bridgehead atoms. The fourth-order valence-electron chi connectivity index (χ4n) is 2.61. The summed E-state index contributed by atoms with van der Waals surface area (Å²) in [6, 6.07) is 16.0. The predicted molar refractivity (Wildman–Crippen MR) is 95.4 cm³/mol. The molecule has 2 aromatic carbocycles. The quantitative estimate of drug-likeness (QED) is 0.643. The molecule has 1 aliphatic heterocycles. The molecule has 0 saturated carbocycles. The first-order valence-electron chi connectivity index (χ1n) is 8.03. The first-order valence-corrected chi connectivity index (χ1v) is 8.91. The van der Waals surface area contributed by atoms with Gasteiger partial charge in [-0.15, -0.1) is 5.10 Å². The summed E-state index contributed by atoms with van der Waals surface area (Å²) in [7, 11) is 0. The number of thioether (sulfide) groups is 1. The third-order valence-corrected chi connectivity index (χ3v) is 5.00.